The third-order valence-corrected chi connectivity index (χ3v) is 1.79. The molecule has 0 spiro atoms. The Morgan fingerprint density at radius 3 is 1.64 bits per heavy atom. The van der Waals surface area contributed by atoms with E-state index in [4.69, 9.17) is 0 Å². The number of rotatable bonds is 3. The lowest BCUT2D eigenvalue weighted by Gasteiger charge is -2.25. The van der Waals surface area contributed by atoms with Gasteiger partial charge in [0.2, 0.25) is 0 Å². The second kappa shape index (κ2) is 4.66. The molecule has 2 nitrogen and oxygen atoms in total. The van der Waals surface area contributed by atoms with Crippen LogP contribution >= 0.6 is 0 Å². The molecule has 0 saturated carbocycles. The molecular weight excluding hydrogens is 197 g/mol. The van der Waals surface area contributed by atoms with Crippen molar-refractivity contribution in [1.82, 2.24) is 0 Å². The predicted molar refractivity (Wildman–Crippen MR) is 45.6 cm³/mol. The number of hydrogen-bond acceptors (Lipinski definition) is 2. The second-order valence-corrected chi connectivity index (χ2v) is 3.86. The van der Waals surface area contributed by atoms with E-state index in [-0.39, 0.29) is 11.8 Å². The summed E-state index contributed by atoms with van der Waals surface area (Å²) < 4.78 is 40.0. The van der Waals surface area contributed by atoms with Crippen LogP contribution < -0.4 is 0 Å². The Morgan fingerprint density at radius 1 is 1.07 bits per heavy atom. The van der Waals surface area contributed by atoms with Crippen LogP contribution in [0.25, 0.3) is 0 Å². The first kappa shape index (κ1) is 13.3. The van der Waals surface area contributed by atoms with E-state index in [0.717, 1.165) is 0 Å². The molecule has 0 radical (unpaired) electrons. The Balaban J connectivity index is 4.40. The molecule has 0 atom stereocenters. The lowest BCUT2D eigenvalue weighted by atomic mass is 9.96. The van der Waals surface area contributed by atoms with Crippen LogP contribution in [0.5, 0.6) is 0 Å². The van der Waals surface area contributed by atoms with E-state index in [2.05, 4.69) is 4.74 Å². The molecule has 0 N–H and O–H groups in total. The Morgan fingerprint density at radius 2 is 1.43 bits per heavy atom. The molecule has 0 aliphatic heterocycles. The van der Waals surface area contributed by atoms with Crippen LogP contribution in [0.15, 0.2) is 0 Å². The molecule has 0 amide bonds. The van der Waals surface area contributed by atoms with Gasteiger partial charge in [-0.05, 0) is 11.8 Å². The van der Waals surface area contributed by atoms with Crippen molar-refractivity contribution in [2.24, 2.45) is 11.8 Å². The fraction of sp³-hybridized carbons (Fsp3) is 0.889. The second-order valence-electron chi connectivity index (χ2n) is 3.86. The van der Waals surface area contributed by atoms with Crippen LogP contribution in [0.2, 0.25) is 0 Å². The van der Waals surface area contributed by atoms with Crippen molar-refractivity contribution in [3.8, 4) is 0 Å². The highest BCUT2D eigenvalue weighted by Crippen LogP contribution is 2.22. The van der Waals surface area contributed by atoms with E-state index < -0.39 is 18.2 Å². The molecule has 5 heteroatoms. The van der Waals surface area contributed by atoms with Gasteiger partial charge in [-0.15, -0.1) is 0 Å². The number of ether oxygens (including phenoxy) is 1. The van der Waals surface area contributed by atoms with Gasteiger partial charge in [0.15, 0.2) is 0 Å². The Kier molecular flexibility index (Phi) is 4.42. The molecule has 0 aromatic carbocycles. The zero-order chi connectivity index (χ0) is 11.5. The quantitative estimate of drug-likeness (QED) is 0.672. The molecule has 0 aromatic heterocycles. The minimum atomic E-state index is -4.90. The number of carbonyl (C=O) groups is 1. The maximum Gasteiger partial charge on any atom is 0.490 e. The number of alkyl halides is 3. The molecule has 14 heavy (non-hydrogen) atoms. The highest BCUT2D eigenvalue weighted by molar-refractivity contribution is 5.75. The summed E-state index contributed by atoms with van der Waals surface area (Å²) in [6.45, 7) is 6.87. The molecule has 0 fully saturated rings. The zero-order valence-electron chi connectivity index (χ0n) is 8.68. The van der Waals surface area contributed by atoms with E-state index >= 15 is 0 Å². The maximum absolute atomic E-state index is 11.9. The van der Waals surface area contributed by atoms with E-state index in [0.29, 0.717) is 0 Å². The standard InChI is InChI=1S/C9H15F3O2/c1-5(2)7(6(3)4)14-8(13)9(10,11)12/h5-7H,1-4H3. The summed E-state index contributed by atoms with van der Waals surface area (Å²) in [6.07, 6.45) is -5.59. The number of hydrogen-bond donors (Lipinski definition) is 0. The van der Waals surface area contributed by atoms with Crippen LogP contribution in [-0.4, -0.2) is 18.2 Å². The first-order chi connectivity index (χ1) is 6.16. The highest BCUT2D eigenvalue weighted by Gasteiger charge is 2.43. The fourth-order valence-electron chi connectivity index (χ4n) is 1.23. The van der Waals surface area contributed by atoms with Crippen LogP contribution in [0.1, 0.15) is 27.7 Å². The van der Waals surface area contributed by atoms with Gasteiger partial charge in [0.25, 0.3) is 0 Å². The Hall–Kier alpha value is -0.740. The topological polar surface area (TPSA) is 26.3 Å². The average molecular weight is 212 g/mol. The van der Waals surface area contributed by atoms with E-state index in [1.807, 2.05) is 0 Å². The van der Waals surface area contributed by atoms with Crippen molar-refractivity contribution in [3.63, 3.8) is 0 Å². The summed E-state index contributed by atoms with van der Waals surface area (Å²) in [5, 5.41) is 0. The minimum Gasteiger partial charge on any atom is -0.455 e. The first-order valence-corrected chi connectivity index (χ1v) is 4.44. The summed E-state index contributed by atoms with van der Waals surface area (Å²) in [5.41, 5.74) is 0. The van der Waals surface area contributed by atoms with Gasteiger partial charge >= 0.3 is 12.1 Å². The van der Waals surface area contributed by atoms with Gasteiger partial charge in [-0.3, -0.25) is 0 Å². The van der Waals surface area contributed by atoms with Crippen LogP contribution in [-0.2, 0) is 9.53 Å². The van der Waals surface area contributed by atoms with Crippen LogP contribution in [0.4, 0.5) is 13.2 Å². The summed E-state index contributed by atoms with van der Waals surface area (Å²) >= 11 is 0. The number of halogens is 3. The van der Waals surface area contributed by atoms with Gasteiger partial charge in [0.1, 0.15) is 6.10 Å². The molecule has 84 valence electrons. The van der Waals surface area contributed by atoms with Gasteiger partial charge in [-0.1, -0.05) is 27.7 Å². The van der Waals surface area contributed by atoms with Gasteiger partial charge in [0.05, 0.1) is 0 Å². The van der Waals surface area contributed by atoms with Gasteiger partial charge < -0.3 is 4.74 Å². The van der Waals surface area contributed by atoms with Crippen molar-refractivity contribution in [2.45, 2.75) is 40.0 Å². The van der Waals surface area contributed by atoms with E-state index in [1.54, 1.807) is 27.7 Å². The molecule has 0 aliphatic rings. The lowest BCUT2D eigenvalue weighted by molar-refractivity contribution is -0.208. The van der Waals surface area contributed by atoms with Crippen LogP contribution in [0, 0.1) is 11.8 Å². The molecule has 0 saturated heterocycles. The van der Waals surface area contributed by atoms with E-state index in [9.17, 15) is 18.0 Å². The zero-order valence-corrected chi connectivity index (χ0v) is 8.68. The molecular formula is C9H15F3O2. The Bertz CT molecular complexity index is 189. The third kappa shape index (κ3) is 3.98. The minimum absolute atomic E-state index is 0.124. The first-order valence-electron chi connectivity index (χ1n) is 4.44. The summed E-state index contributed by atoms with van der Waals surface area (Å²) in [7, 11) is 0. The molecule has 0 rings (SSSR count). The van der Waals surface area contributed by atoms with Crippen LogP contribution in [0.3, 0.4) is 0 Å². The van der Waals surface area contributed by atoms with Crippen molar-refractivity contribution in [1.29, 1.82) is 0 Å². The Labute approximate surface area is 81.4 Å². The van der Waals surface area contributed by atoms with Gasteiger partial charge in [-0.25, -0.2) is 4.79 Å². The van der Waals surface area contributed by atoms with Crippen molar-refractivity contribution < 1.29 is 22.7 Å². The van der Waals surface area contributed by atoms with Gasteiger partial charge in [0, 0.05) is 0 Å². The van der Waals surface area contributed by atoms with Crippen molar-refractivity contribution in [2.75, 3.05) is 0 Å². The molecule has 0 heterocycles. The fourth-order valence-corrected chi connectivity index (χ4v) is 1.23. The van der Waals surface area contributed by atoms with Crippen molar-refractivity contribution in [3.05, 3.63) is 0 Å². The molecule has 0 bridgehead atoms. The lowest BCUT2D eigenvalue weighted by Crippen LogP contribution is -2.35. The molecule has 0 aromatic rings. The smallest absolute Gasteiger partial charge is 0.455 e. The van der Waals surface area contributed by atoms with E-state index in [1.165, 1.54) is 0 Å². The normalized spacial score (nSPS) is 12.7. The number of esters is 1. The third-order valence-electron chi connectivity index (χ3n) is 1.79. The van der Waals surface area contributed by atoms with Gasteiger partial charge in [-0.2, -0.15) is 13.2 Å². The molecule has 0 unspecified atom stereocenters. The largest absolute Gasteiger partial charge is 0.490 e. The SMILES string of the molecule is CC(C)C(OC(=O)C(F)(F)F)C(C)C. The summed E-state index contributed by atoms with van der Waals surface area (Å²) in [6, 6.07) is 0. The summed E-state index contributed by atoms with van der Waals surface area (Å²) in [4.78, 5) is 10.5. The number of carbonyl (C=O) groups excluding carboxylic acids is 1. The maximum atomic E-state index is 11.9. The average Bonchev–Trinajstić information content (AvgIpc) is 1.96. The highest BCUT2D eigenvalue weighted by atomic mass is 19.4. The predicted octanol–water partition coefficient (Wildman–Crippen LogP) is 2.77. The van der Waals surface area contributed by atoms with Crippen molar-refractivity contribution >= 4 is 5.97 Å². The monoisotopic (exact) mass is 212 g/mol. The summed E-state index contributed by atoms with van der Waals surface area (Å²) in [5.74, 6) is -2.35. The molecule has 0 aliphatic carbocycles.